The quantitative estimate of drug-likeness (QED) is 0.691. The molecule has 1 aromatic rings. The van der Waals surface area contributed by atoms with E-state index in [1.54, 1.807) is 0 Å². The third kappa shape index (κ3) is 4.49. The molecule has 0 saturated heterocycles. The average molecular weight is 257 g/mol. The maximum Gasteiger partial charge on any atom is 0.355 e. The molecule has 17 heavy (non-hydrogen) atoms. The molecule has 1 heterocycles. The van der Waals surface area contributed by atoms with Crippen molar-refractivity contribution >= 4 is 23.2 Å². The van der Waals surface area contributed by atoms with E-state index < -0.39 is 5.97 Å². The Labute approximate surface area is 103 Å². The van der Waals surface area contributed by atoms with Crippen molar-refractivity contribution in [2.75, 3.05) is 0 Å². The number of rotatable bonds is 6. The molecule has 7 heteroatoms. The van der Waals surface area contributed by atoms with E-state index in [4.69, 9.17) is 10.8 Å². The number of hydrogen-bond acceptors (Lipinski definition) is 5. The Kier molecular flexibility index (Phi) is 5.05. The lowest BCUT2D eigenvalue weighted by atomic mass is 10.1. The summed E-state index contributed by atoms with van der Waals surface area (Å²) in [5.41, 5.74) is 5.64. The number of carbonyl (C=O) groups excluding carboxylic acids is 1. The van der Waals surface area contributed by atoms with Gasteiger partial charge in [0, 0.05) is 17.8 Å². The maximum atomic E-state index is 11.4. The van der Waals surface area contributed by atoms with Crippen LogP contribution in [0.25, 0.3) is 0 Å². The van der Waals surface area contributed by atoms with Crippen LogP contribution in [-0.2, 0) is 11.3 Å². The zero-order chi connectivity index (χ0) is 12.8. The molecule has 1 amide bonds. The number of aromatic carboxylic acids is 1. The van der Waals surface area contributed by atoms with E-state index in [0.29, 0.717) is 5.01 Å². The number of carboxylic acid groups (broad SMARTS) is 1. The number of aromatic nitrogens is 1. The van der Waals surface area contributed by atoms with Crippen molar-refractivity contribution in [2.24, 2.45) is 5.73 Å². The number of nitrogens with zero attached hydrogens (tertiary/aromatic N) is 1. The monoisotopic (exact) mass is 257 g/mol. The van der Waals surface area contributed by atoms with Crippen molar-refractivity contribution in [3.63, 3.8) is 0 Å². The van der Waals surface area contributed by atoms with E-state index in [0.717, 1.165) is 6.42 Å². The highest BCUT2D eigenvalue weighted by Gasteiger charge is 2.10. The zero-order valence-electron chi connectivity index (χ0n) is 9.47. The Hall–Kier alpha value is -1.47. The summed E-state index contributed by atoms with van der Waals surface area (Å²) in [7, 11) is 0. The fourth-order valence-electron chi connectivity index (χ4n) is 1.12. The van der Waals surface area contributed by atoms with Gasteiger partial charge in [0.05, 0.1) is 6.54 Å². The number of thiazole rings is 1. The molecule has 0 saturated carbocycles. The summed E-state index contributed by atoms with van der Waals surface area (Å²) in [6.07, 6.45) is 1.02. The lowest BCUT2D eigenvalue weighted by molar-refractivity contribution is -0.121. The minimum atomic E-state index is -1.06. The van der Waals surface area contributed by atoms with Crippen LogP contribution in [0.15, 0.2) is 5.38 Å². The zero-order valence-corrected chi connectivity index (χ0v) is 10.3. The Balaban J connectivity index is 2.39. The molecule has 6 nitrogen and oxygen atoms in total. The van der Waals surface area contributed by atoms with Gasteiger partial charge in [0.1, 0.15) is 5.01 Å². The van der Waals surface area contributed by atoms with Crippen molar-refractivity contribution < 1.29 is 14.7 Å². The second-order valence-electron chi connectivity index (χ2n) is 3.58. The Bertz CT molecular complexity index is 405. The topological polar surface area (TPSA) is 105 Å². The summed E-state index contributed by atoms with van der Waals surface area (Å²) >= 11 is 1.21. The highest BCUT2D eigenvalue weighted by atomic mass is 32.1. The van der Waals surface area contributed by atoms with E-state index in [1.165, 1.54) is 16.7 Å². The van der Waals surface area contributed by atoms with Crippen LogP contribution in [0.1, 0.15) is 35.3 Å². The molecule has 94 valence electrons. The molecule has 1 unspecified atom stereocenters. The minimum Gasteiger partial charge on any atom is -0.476 e. The summed E-state index contributed by atoms with van der Waals surface area (Å²) in [6, 6.07) is -0.138. The predicted octanol–water partition coefficient (Wildman–Crippen LogP) is 0.585. The van der Waals surface area contributed by atoms with E-state index in [9.17, 15) is 9.59 Å². The van der Waals surface area contributed by atoms with Crippen molar-refractivity contribution in [2.45, 2.75) is 32.4 Å². The second-order valence-corrected chi connectivity index (χ2v) is 4.52. The second kappa shape index (κ2) is 6.31. The smallest absolute Gasteiger partial charge is 0.355 e. The first-order valence-electron chi connectivity index (χ1n) is 5.23. The molecule has 0 fully saturated rings. The van der Waals surface area contributed by atoms with Gasteiger partial charge < -0.3 is 16.2 Å². The molecule has 1 rings (SSSR count). The van der Waals surface area contributed by atoms with E-state index in [-0.39, 0.29) is 30.6 Å². The fourth-order valence-corrected chi connectivity index (χ4v) is 1.83. The van der Waals surface area contributed by atoms with Gasteiger partial charge >= 0.3 is 5.97 Å². The summed E-state index contributed by atoms with van der Waals surface area (Å²) in [5.74, 6) is -1.21. The summed E-state index contributed by atoms with van der Waals surface area (Å²) in [6.45, 7) is 2.16. The SMILES string of the molecule is CCC(N)CC(=O)NCc1nc(C(=O)O)cs1. The molecule has 0 aliphatic heterocycles. The van der Waals surface area contributed by atoms with E-state index in [2.05, 4.69) is 10.3 Å². The number of hydrogen-bond donors (Lipinski definition) is 3. The standard InChI is InChI=1S/C10H15N3O3S/c1-2-6(11)3-8(14)12-4-9-13-7(5-17-9)10(15)16/h5-6H,2-4,11H2,1H3,(H,12,14)(H,15,16). The first kappa shape index (κ1) is 13.6. The highest BCUT2D eigenvalue weighted by Crippen LogP contribution is 2.09. The molecule has 1 atom stereocenters. The van der Waals surface area contributed by atoms with Crippen LogP contribution in [0.4, 0.5) is 0 Å². The first-order chi connectivity index (χ1) is 8.02. The molecular formula is C10H15N3O3S. The summed E-state index contributed by atoms with van der Waals surface area (Å²) in [5, 5.41) is 13.3. The van der Waals surface area contributed by atoms with Crippen LogP contribution in [0.3, 0.4) is 0 Å². The molecule has 0 spiro atoms. The molecule has 1 aromatic heterocycles. The van der Waals surface area contributed by atoms with Gasteiger partial charge in [-0.2, -0.15) is 0 Å². The third-order valence-corrected chi connectivity index (χ3v) is 3.03. The fraction of sp³-hybridized carbons (Fsp3) is 0.500. The van der Waals surface area contributed by atoms with Crippen LogP contribution in [-0.4, -0.2) is 28.0 Å². The Morgan fingerprint density at radius 3 is 2.88 bits per heavy atom. The first-order valence-corrected chi connectivity index (χ1v) is 6.10. The normalized spacial score (nSPS) is 12.1. The predicted molar refractivity (Wildman–Crippen MR) is 63.8 cm³/mol. The van der Waals surface area contributed by atoms with Crippen molar-refractivity contribution in [1.82, 2.24) is 10.3 Å². The molecule has 0 bridgehead atoms. The molecule has 4 N–H and O–H groups in total. The molecule has 0 radical (unpaired) electrons. The Morgan fingerprint density at radius 1 is 1.65 bits per heavy atom. The largest absolute Gasteiger partial charge is 0.476 e. The van der Waals surface area contributed by atoms with Crippen molar-refractivity contribution in [3.05, 3.63) is 16.1 Å². The van der Waals surface area contributed by atoms with Crippen LogP contribution in [0.2, 0.25) is 0 Å². The van der Waals surface area contributed by atoms with E-state index in [1.807, 2.05) is 6.92 Å². The lowest BCUT2D eigenvalue weighted by Gasteiger charge is -2.07. The van der Waals surface area contributed by atoms with Crippen LogP contribution in [0.5, 0.6) is 0 Å². The van der Waals surface area contributed by atoms with Gasteiger partial charge in [0.2, 0.25) is 5.91 Å². The highest BCUT2D eigenvalue weighted by molar-refractivity contribution is 7.09. The molecule has 0 aromatic carbocycles. The summed E-state index contributed by atoms with van der Waals surface area (Å²) in [4.78, 5) is 25.8. The Morgan fingerprint density at radius 2 is 2.35 bits per heavy atom. The van der Waals surface area contributed by atoms with Gasteiger partial charge in [-0.05, 0) is 6.42 Å². The average Bonchev–Trinajstić information content (AvgIpc) is 2.75. The lowest BCUT2D eigenvalue weighted by Crippen LogP contribution is -2.30. The van der Waals surface area contributed by atoms with Gasteiger partial charge in [-0.25, -0.2) is 9.78 Å². The molecule has 0 aliphatic rings. The molecular weight excluding hydrogens is 242 g/mol. The summed E-state index contributed by atoms with van der Waals surface area (Å²) < 4.78 is 0. The van der Waals surface area contributed by atoms with Crippen LogP contribution in [0, 0.1) is 0 Å². The number of nitrogens with one attached hydrogen (secondary N) is 1. The van der Waals surface area contributed by atoms with Gasteiger partial charge in [-0.15, -0.1) is 11.3 Å². The number of nitrogens with two attached hydrogens (primary N) is 1. The van der Waals surface area contributed by atoms with Crippen LogP contribution >= 0.6 is 11.3 Å². The third-order valence-electron chi connectivity index (χ3n) is 2.18. The number of amides is 1. The van der Waals surface area contributed by atoms with Crippen molar-refractivity contribution in [1.29, 1.82) is 0 Å². The van der Waals surface area contributed by atoms with Crippen molar-refractivity contribution in [3.8, 4) is 0 Å². The van der Waals surface area contributed by atoms with E-state index >= 15 is 0 Å². The van der Waals surface area contributed by atoms with Gasteiger partial charge in [0.25, 0.3) is 0 Å². The van der Waals surface area contributed by atoms with Gasteiger partial charge in [-0.3, -0.25) is 4.79 Å². The van der Waals surface area contributed by atoms with Crippen LogP contribution < -0.4 is 11.1 Å². The number of carbonyl (C=O) groups is 2. The van der Waals surface area contributed by atoms with Gasteiger partial charge in [-0.1, -0.05) is 6.92 Å². The maximum absolute atomic E-state index is 11.4. The number of carboxylic acids is 1. The minimum absolute atomic E-state index is 0.00417. The molecule has 0 aliphatic carbocycles. The van der Waals surface area contributed by atoms with Gasteiger partial charge in [0.15, 0.2) is 5.69 Å².